The van der Waals surface area contributed by atoms with Crippen molar-refractivity contribution in [3.05, 3.63) is 78.4 Å². The number of nitrogens with zero attached hydrogens (tertiary/aromatic N) is 4. The smallest absolute Gasteiger partial charge is 0.250 e. The molecule has 1 amide bonds. The van der Waals surface area contributed by atoms with Gasteiger partial charge in [-0.05, 0) is 29.8 Å². The predicted octanol–water partition coefficient (Wildman–Crippen LogP) is 4.20. The van der Waals surface area contributed by atoms with E-state index in [-0.39, 0.29) is 11.7 Å². The lowest BCUT2D eigenvalue weighted by molar-refractivity contribution is -0.118. The van der Waals surface area contributed by atoms with Gasteiger partial charge in [0.25, 0.3) is 5.91 Å². The molecule has 0 saturated heterocycles. The Balaban J connectivity index is 1.61. The first-order valence-electron chi connectivity index (χ1n) is 11.0. The molecule has 1 heterocycles. The van der Waals surface area contributed by atoms with Crippen molar-refractivity contribution in [3.8, 4) is 34.3 Å². The number of rotatable bonds is 10. The minimum absolute atomic E-state index is 0.104. The topological polar surface area (TPSA) is 99.9 Å². The number of benzene rings is 3. The van der Waals surface area contributed by atoms with E-state index in [4.69, 9.17) is 14.2 Å². The number of hydrogen-bond acceptors (Lipinski definition) is 8. The Bertz CT molecular complexity index is 1320. The molecule has 1 N–H and O–H groups in total. The van der Waals surface area contributed by atoms with E-state index in [2.05, 4.69) is 20.7 Å². The number of methoxy groups -OCH3 is 3. The highest BCUT2D eigenvalue weighted by atomic mass is 32.2. The van der Waals surface area contributed by atoms with E-state index >= 15 is 0 Å². The highest BCUT2D eigenvalue weighted by Gasteiger charge is 2.21. The minimum atomic E-state index is -0.260. The van der Waals surface area contributed by atoms with Crippen molar-refractivity contribution in [2.75, 3.05) is 27.1 Å². The second-order valence-corrected chi connectivity index (χ2v) is 8.33. The van der Waals surface area contributed by atoms with Gasteiger partial charge in [0.1, 0.15) is 0 Å². The second-order valence-electron chi connectivity index (χ2n) is 7.38. The van der Waals surface area contributed by atoms with Gasteiger partial charge in [0, 0.05) is 11.3 Å². The third-order valence-electron chi connectivity index (χ3n) is 5.11. The van der Waals surface area contributed by atoms with Crippen molar-refractivity contribution in [3.63, 3.8) is 0 Å². The summed E-state index contributed by atoms with van der Waals surface area (Å²) >= 11 is 1.26. The third-order valence-corrected chi connectivity index (χ3v) is 6.03. The standard InChI is InChI=1S/C26H25N5O4S/c1-33-21-14-19(15-22(34-2)24(21)35-3)25-29-30-26(31(25)20-12-8-5-9-13-20)36-17-23(32)28-27-16-18-10-6-4-7-11-18/h4-16H,17H2,1-3H3,(H,28,32). The molecule has 0 radical (unpaired) electrons. The first kappa shape index (κ1) is 24.8. The molecule has 1 aromatic heterocycles. The zero-order chi connectivity index (χ0) is 25.3. The number of para-hydroxylation sites is 1. The lowest BCUT2D eigenvalue weighted by Gasteiger charge is -2.15. The van der Waals surface area contributed by atoms with Crippen LogP contribution in [0.5, 0.6) is 17.2 Å². The zero-order valence-electron chi connectivity index (χ0n) is 20.0. The van der Waals surface area contributed by atoms with Gasteiger partial charge in [-0.3, -0.25) is 9.36 Å². The number of carbonyl (C=O) groups excluding carboxylic acids is 1. The van der Waals surface area contributed by atoms with Crippen molar-refractivity contribution >= 4 is 23.9 Å². The summed E-state index contributed by atoms with van der Waals surface area (Å²) in [6.45, 7) is 0. The fourth-order valence-corrected chi connectivity index (χ4v) is 4.19. The molecule has 0 bridgehead atoms. The van der Waals surface area contributed by atoms with E-state index in [1.54, 1.807) is 27.5 Å². The van der Waals surface area contributed by atoms with Crippen molar-refractivity contribution in [1.29, 1.82) is 0 Å². The lowest BCUT2D eigenvalue weighted by Crippen LogP contribution is -2.20. The van der Waals surface area contributed by atoms with E-state index in [0.29, 0.717) is 33.8 Å². The maximum absolute atomic E-state index is 12.4. The van der Waals surface area contributed by atoms with E-state index in [9.17, 15) is 4.79 Å². The van der Waals surface area contributed by atoms with Gasteiger partial charge in [0.2, 0.25) is 5.75 Å². The summed E-state index contributed by atoms with van der Waals surface area (Å²) in [7, 11) is 4.67. The Morgan fingerprint density at radius 3 is 2.19 bits per heavy atom. The van der Waals surface area contributed by atoms with E-state index < -0.39 is 0 Å². The molecule has 0 aliphatic carbocycles. The second kappa shape index (κ2) is 11.9. The van der Waals surface area contributed by atoms with Crippen LogP contribution in [0.1, 0.15) is 5.56 Å². The number of thioether (sulfide) groups is 1. The van der Waals surface area contributed by atoms with Crippen LogP contribution in [0.25, 0.3) is 17.1 Å². The maximum atomic E-state index is 12.4. The summed E-state index contributed by atoms with van der Waals surface area (Å²) in [6, 6.07) is 22.8. The summed E-state index contributed by atoms with van der Waals surface area (Å²) in [6.07, 6.45) is 1.59. The quantitative estimate of drug-likeness (QED) is 0.197. The lowest BCUT2D eigenvalue weighted by atomic mass is 10.1. The number of hydrazone groups is 1. The Labute approximate surface area is 213 Å². The van der Waals surface area contributed by atoms with Gasteiger partial charge in [-0.1, -0.05) is 60.3 Å². The van der Waals surface area contributed by atoms with E-state index in [0.717, 1.165) is 11.3 Å². The van der Waals surface area contributed by atoms with Crippen LogP contribution >= 0.6 is 11.8 Å². The average molecular weight is 504 g/mol. The molecule has 0 aliphatic heterocycles. The number of hydrogen-bond donors (Lipinski definition) is 1. The largest absolute Gasteiger partial charge is 0.493 e. The van der Waals surface area contributed by atoms with Crippen LogP contribution in [-0.4, -0.2) is 54.0 Å². The molecule has 36 heavy (non-hydrogen) atoms. The number of amides is 1. The normalized spacial score (nSPS) is 10.9. The maximum Gasteiger partial charge on any atom is 0.250 e. The summed E-state index contributed by atoms with van der Waals surface area (Å²) < 4.78 is 18.3. The Morgan fingerprint density at radius 1 is 0.944 bits per heavy atom. The van der Waals surface area contributed by atoms with Crippen molar-refractivity contribution < 1.29 is 19.0 Å². The molecule has 4 aromatic rings. The molecule has 0 atom stereocenters. The van der Waals surface area contributed by atoms with Crippen LogP contribution in [0.4, 0.5) is 0 Å². The average Bonchev–Trinajstić information content (AvgIpc) is 3.36. The first-order valence-corrected chi connectivity index (χ1v) is 11.9. The van der Waals surface area contributed by atoms with Crippen LogP contribution in [-0.2, 0) is 4.79 Å². The molecule has 184 valence electrons. The van der Waals surface area contributed by atoms with Crippen LogP contribution in [0.15, 0.2) is 83.1 Å². The number of aromatic nitrogens is 3. The highest BCUT2D eigenvalue weighted by molar-refractivity contribution is 7.99. The Hall–Kier alpha value is -4.31. The Morgan fingerprint density at radius 2 is 1.58 bits per heavy atom. The molecule has 0 fully saturated rings. The van der Waals surface area contributed by atoms with Crippen molar-refractivity contribution in [2.45, 2.75) is 5.16 Å². The summed E-state index contributed by atoms with van der Waals surface area (Å²) in [5, 5.41) is 13.4. The molecular formula is C26H25N5O4S. The van der Waals surface area contributed by atoms with Gasteiger partial charge in [0.15, 0.2) is 22.5 Å². The number of nitrogens with one attached hydrogen (secondary N) is 1. The highest BCUT2D eigenvalue weighted by Crippen LogP contribution is 2.41. The fraction of sp³-hybridized carbons (Fsp3) is 0.154. The monoisotopic (exact) mass is 503 g/mol. The van der Waals surface area contributed by atoms with Gasteiger partial charge < -0.3 is 14.2 Å². The van der Waals surface area contributed by atoms with Crippen molar-refractivity contribution in [2.24, 2.45) is 5.10 Å². The molecule has 3 aromatic carbocycles. The van der Waals surface area contributed by atoms with E-state index in [1.165, 1.54) is 11.8 Å². The van der Waals surface area contributed by atoms with Gasteiger partial charge in [-0.15, -0.1) is 10.2 Å². The van der Waals surface area contributed by atoms with Crippen LogP contribution in [0.2, 0.25) is 0 Å². The number of ether oxygens (including phenoxy) is 3. The molecule has 10 heteroatoms. The first-order chi connectivity index (χ1) is 17.6. The molecule has 0 unspecified atom stereocenters. The SMILES string of the molecule is COc1cc(-c2nnc(SCC(=O)NN=Cc3ccccc3)n2-c2ccccc2)cc(OC)c1OC. The molecule has 4 rings (SSSR count). The van der Waals surface area contributed by atoms with Gasteiger partial charge >= 0.3 is 0 Å². The molecular weight excluding hydrogens is 478 g/mol. The minimum Gasteiger partial charge on any atom is -0.493 e. The van der Waals surface area contributed by atoms with Crippen LogP contribution in [0.3, 0.4) is 0 Å². The molecule has 9 nitrogen and oxygen atoms in total. The van der Waals surface area contributed by atoms with Crippen LogP contribution < -0.4 is 19.6 Å². The Kier molecular flexibility index (Phi) is 8.20. The molecule has 0 aliphatic rings. The predicted molar refractivity (Wildman–Crippen MR) is 139 cm³/mol. The number of carbonyl (C=O) groups is 1. The summed E-state index contributed by atoms with van der Waals surface area (Å²) in [5.41, 5.74) is 5.00. The van der Waals surface area contributed by atoms with Crippen molar-refractivity contribution in [1.82, 2.24) is 20.2 Å². The van der Waals surface area contributed by atoms with Gasteiger partial charge in [0.05, 0.1) is 33.3 Å². The summed E-state index contributed by atoms with van der Waals surface area (Å²) in [4.78, 5) is 12.4. The molecule has 0 saturated carbocycles. The fourth-order valence-electron chi connectivity index (χ4n) is 3.45. The van der Waals surface area contributed by atoms with Gasteiger partial charge in [-0.25, -0.2) is 5.43 Å². The summed E-state index contributed by atoms with van der Waals surface area (Å²) in [5.74, 6) is 1.89. The van der Waals surface area contributed by atoms with Crippen LogP contribution in [0, 0.1) is 0 Å². The third kappa shape index (κ3) is 5.66. The van der Waals surface area contributed by atoms with Gasteiger partial charge in [-0.2, -0.15) is 5.10 Å². The van der Waals surface area contributed by atoms with E-state index in [1.807, 2.05) is 77.4 Å². The zero-order valence-corrected chi connectivity index (χ0v) is 20.9. The molecule has 0 spiro atoms.